The number of hydrogen-bond acceptors (Lipinski definition) is 3. The van der Waals surface area contributed by atoms with Gasteiger partial charge in [0, 0.05) is 5.56 Å². The average molecular weight is 178 g/mol. The Bertz CT molecular complexity index is 290. The van der Waals surface area contributed by atoms with Gasteiger partial charge in [0.2, 0.25) is 0 Å². The van der Waals surface area contributed by atoms with Gasteiger partial charge in [0.05, 0.1) is 10.6 Å². The van der Waals surface area contributed by atoms with Gasteiger partial charge in [-0.2, -0.15) is 0 Å². The molecule has 62 valence electrons. The molecule has 2 nitrogen and oxygen atoms in total. The first-order chi connectivity index (χ1) is 5.74. The van der Waals surface area contributed by atoms with E-state index in [2.05, 4.69) is 0 Å². The van der Waals surface area contributed by atoms with E-state index in [4.69, 9.17) is 10.8 Å². The van der Waals surface area contributed by atoms with Crippen molar-refractivity contribution in [3.05, 3.63) is 35.4 Å². The summed E-state index contributed by atoms with van der Waals surface area (Å²) in [5, 5.41) is 14.8. The third-order valence-electron chi connectivity index (χ3n) is 1.49. The number of nitrogens with one attached hydrogen (secondary N) is 2. The van der Waals surface area contributed by atoms with Crippen LogP contribution in [0, 0.1) is 17.7 Å². The molecular weight excluding hydrogens is 168 g/mol. The highest BCUT2D eigenvalue weighted by atomic mass is 32.2. The first-order valence-corrected chi connectivity index (χ1v) is 4.43. The molecule has 1 aromatic carbocycles. The minimum Gasteiger partial charge on any atom is -0.301 e. The highest BCUT2D eigenvalue weighted by Gasteiger charge is 1.98. The molecule has 0 amide bonds. The number of rotatable bonds is 2. The average Bonchev–Trinajstić information content (AvgIpc) is 2.06. The predicted molar refractivity (Wildman–Crippen MR) is 54.4 cm³/mol. The van der Waals surface area contributed by atoms with E-state index in [0.29, 0.717) is 5.04 Å². The Morgan fingerprint density at radius 3 is 2.42 bits per heavy atom. The molecule has 1 rings (SSSR count). The molecule has 0 unspecified atom stereocenters. The summed E-state index contributed by atoms with van der Waals surface area (Å²) in [5.41, 5.74) is 3.22. The van der Waals surface area contributed by atoms with Gasteiger partial charge in [0.15, 0.2) is 0 Å². The summed E-state index contributed by atoms with van der Waals surface area (Å²) in [5.74, 6) is 0. The summed E-state index contributed by atoms with van der Waals surface area (Å²) in [7, 11) is 0. The fraction of sp³-hybridized carbons (Fsp3) is 0.111. The molecule has 0 aliphatic rings. The Morgan fingerprint density at radius 2 is 1.92 bits per heavy atom. The predicted octanol–water partition coefficient (Wildman–Crippen LogP) is 2.66. The lowest BCUT2D eigenvalue weighted by atomic mass is 10.2. The molecule has 0 aromatic heterocycles. The van der Waals surface area contributed by atoms with Crippen molar-refractivity contribution in [2.75, 3.05) is 0 Å². The summed E-state index contributed by atoms with van der Waals surface area (Å²) in [6.07, 6.45) is 0. The smallest absolute Gasteiger partial charge is 0.0999 e. The second-order valence-electron chi connectivity index (χ2n) is 2.43. The quantitative estimate of drug-likeness (QED) is 0.531. The van der Waals surface area contributed by atoms with Crippen LogP contribution in [-0.4, -0.2) is 10.6 Å². The monoisotopic (exact) mass is 178 g/mol. The molecule has 2 N–H and O–H groups in total. The third-order valence-corrected chi connectivity index (χ3v) is 2.08. The lowest BCUT2D eigenvalue weighted by Crippen LogP contribution is -1.92. The van der Waals surface area contributed by atoms with E-state index in [9.17, 15) is 0 Å². The molecule has 0 saturated heterocycles. The van der Waals surface area contributed by atoms with E-state index in [1.807, 2.05) is 31.2 Å². The van der Waals surface area contributed by atoms with E-state index in [1.54, 1.807) is 0 Å². The van der Waals surface area contributed by atoms with Crippen LogP contribution in [0.2, 0.25) is 0 Å². The van der Waals surface area contributed by atoms with Crippen LogP contribution in [0.1, 0.15) is 11.1 Å². The third kappa shape index (κ3) is 2.20. The van der Waals surface area contributed by atoms with Crippen molar-refractivity contribution in [1.29, 1.82) is 10.8 Å². The molecule has 0 heterocycles. The minimum absolute atomic E-state index is 0.421. The maximum Gasteiger partial charge on any atom is 0.0999 e. The van der Waals surface area contributed by atoms with Crippen LogP contribution in [0.5, 0.6) is 0 Å². The molecule has 0 bridgehead atoms. The van der Waals surface area contributed by atoms with Crippen molar-refractivity contribution < 1.29 is 0 Å². The van der Waals surface area contributed by atoms with E-state index in [-0.39, 0.29) is 0 Å². The number of hydrogen-bond donors (Lipinski definition) is 2. The van der Waals surface area contributed by atoms with E-state index < -0.39 is 0 Å². The fourth-order valence-electron chi connectivity index (χ4n) is 0.832. The van der Waals surface area contributed by atoms with Gasteiger partial charge in [0.1, 0.15) is 0 Å². The summed E-state index contributed by atoms with van der Waals surface area (Å²) in [6, 6.07) is 7.73. The summed E-state index contributed by atoms with van der Waals surface area (Å²) in [4.78, 5) is 0. The minimum atomic E-state index is 0.421. The molecule has 12 heavy (non-hydrogen) atoms. The lowest BCUT2D eigenvalue weighted by molar-refractivity contribution is 1.45. The van der Waals surface area contributed by atoms with Gasteiger partial charge in [-0.1, -0.05) is 41.6 Å². The van der Waals surface area contributed by atoms with Gasteiger partial charge in [-0.05, 0) is 6.92 Å². The first kappa shape index (κ1) is 9.00. The van der Waals surface area contributed by atoms with Crippen molar-refractivity contribution >= 4 is 22.4 Å². The highest BCUT2D eigenvalue weighted by Crippen LogP contribution is 2.10. The second kappa shape index (κ2) is 4.07. The van der Waals surface area contributed by atoms with Crippen LogP contribution < -0.4 is 0 Å². The molecule has 0 fully saturated rings. The molecule has 0 radical (unpaired) electrons. The van der Waals surface area contributed by atoms with Crippen LogP contribution in [0.25, 0.3) is 0 Å². The van der Waals surface area contributed by atoms with Crippen LogP contribution in [-0.2, 0) is 0 Å². The zero-order valence-corrected chi connectivity index (χ0v) is 7.61. The van der Waals surface area contributed by atoms with Crippen molar-refractivity contribution in [1.82, 2.24) is 0 Å². The van der Waals surface area contributed by atoms with Crippen LogP contribution in [0.3, 0.4) is 0 Å². The summed E-state index contributed by atoms with van der Waals surface area (Å²) >= 11 is 1.12. The molecule has 0 aliphatic carbocycles. The van der Waals surface area contributed by atoms with Gasteiger partial charge in [-0.3, -0.25) is 5.41 Å². The topological polar surface area (TPSA) is 47.7 Å². The zero-order chi connectivity index (χ0) is 8.97. The Labute approximate surface area is 76.0 Å². The lowest BCUT2D eigenvalue weighted by Gasteiger charge is -1.99. The molecule has 0 aliphatic heterocycles. The van der Waals surface area contributed by atoms with Gasteiger partial charge in [-0.25, -0.2) is 0 Å². The zero-order valence-electron chi connectivity index (χ0n) is 6.79. The molecular formula is C9H10N2S. The molecule has 1 aromatic rings. The molecule has 3 heteroatoms. The van der Waals surface area contributed by atoms with E-state index >= 15 is 0 Å². The van der Waals surface area contributed by atoms with E-state index in [0.717, 1.165) is 17.3 Å². The molecule has 0 atom stereocenters. The first-order valence-electron chi connectivity index (χ1n) is 3.55. The largest absolute Gasteiger partial charge is 0.301 e. The van der Waals surface area contributed by atoms with Gasteiger partial charge < -0.3 is 5.41 Å². The number of thioether (sulfide) groups is 1. The van der Waals surface area contributed by atoms with Crippen LogP contribution in [0.4, 0.5) is 0 Å². The van der Waals surface area contributed by atoms with Crippen molar-refractivity contribution in [3.63, 3.8) is 0 Å². The SMILES string of the molecule is Cc1ccc(C(=N)SC=N)cc1. The Hall–Kier alpha value is -1.09. The Morgan fingerprint density at radius 1 is 1.33 bits per heavy atom. The summed E-state index contributed by atoms with van der Waals surface area (Å²) in [6.45, 7) is 2.01. The van der Waals surface area contributed by atoms with Gasteiger partial charge in [-0.15, -0.1) is 0 Å². The van der Waals surface area contributed by atoms with Crippen molar-refractivity contribution in [2.24, 2.45) is 0 Å². The summed E-state index contributed by atoms with van der Waals surface area (Å²) < 4.78 is 0. The number of aryl methyl sites for hydroxylation is 1. The van der Waals surface area contributed by atoms with E-state index in [1.165, 1.54) is 11.1 Å². The Balaban J connectivity index is 2.82. The molecule has 0 spiro atoms. The maximum absolute atomic E-state index is 7.51. The fourth-order valence-corrected chi connectivity index (χ4v) is 1.22. The van der Waals surface area contributed by atoms with Crippen LogP contribution in [0.15, 0.2) is 24.3 Å². The second-order valence-corrected chi connectivity index (χ2v) is 3.31. The van der Waals surface area contributed by atoms with Gasteiger partial charge >= 0.3 is 0 Å². The highest BCUT2D eigenvalue weighted by molar-refractivity contribution is 8.25. The van der Waals surface area contributed by atoms with Gasteiger partial charge in [0.25, 0.3) is 0 Å². The maximum atomic E-state index is 7.51. The van der Waals surface area contributed by atoms with Crippen molar-refractivity contribution in [2.45, 2.75) is 6.92 Å². The number of benzene rings is 1. The van der Waals surface area contributed by atoms with Crippen molar-refractivity contribution in [3.8, 4) is 0 Å². The molecule has 0 saturated carbocycles. The van der Waals surface area contributed by atoms with Crippen LogP contribution >= 0.6 is 11.8 Å². The normalized spacial score (nSPS) is 9.42. The Kier molecular flexibility index (Phi) is 3.05. The standard InChI is InChI=1S/C9H10N2S/c1-7-2-4-8(5-3-7)9(11)12-6-10/h2-6,10-11H,1H3.